The molecule has 0 heterocycles. The SMILES string of the molecule is CNC1CCC(C)(Cc2c(Cl)cccc2Cl)C1. The van der Waals surface area contributed by atoms with Gasteiger partial charge in [-0.25, -0.2) is 0 Å². The van der Waals surface area contributed by atoms with Crippen LogP contribution in [0.2, 0.25) is 10.0 Å². The molecule has 0 radical (unpaired) electrons. The van der Waals surface area contributed by atoms with Crippen molar-refractivity contribution in [2.45, 2.75) is 38.6 Å². The van der Waals surface area contributed by atoms with Crippen molar-refractivity contribution in [1.82, 2.24) is 5.32 Å². The van der Waals surface area contributed by atoms with Gasteiger partial charge in [-0.1, -0.05) is 36.2 Å². The van der Waals surface area contributed by atoms with E-state index in [2.05, 4.69) is 12.2 Å². The first-order chi connectivity index (χ1) is 8.04. The first-order valence-corrected chi connectivity index (χ1v) is 6.90. The average molecular weight is 272 g/mol. The molecule has 0 spiro atoms. The molecule has 17 heavy (non-hydrogen) atoms. The van der Waals surface area contributed by atoms with Gasteiger partial charge < -0.3 is 5.32 Å². The second-order valence-electron chi connectivity index (χ2n) is 5.42. The monoisotopic (exact) mass is 271 g/mol. The van der Waals surface area contributed by atoms with Gasteiger partial charge in [-0.15, -0.1) is 0 Å². The lowest BCUT2D eigenvalue weighted by Gasteiger charge is -2.25. The van der Waals surface area contributed by atoms with Gasteiger partial charge in [0.1, 0.15) is 0 Å². The molecule has 2 atom stereocenters. The zero-order chi connectivity index (χ0) is 12.5. The molecule has 1 saturated carbocycles. The Morgan fingerprint density at radius 2 is 2.00 bits per heavy atom. The summed E-state index contributed by atoms with van der Waals surface area (Å²) >= 11 is 12.5. The van der Waals surface area contributed by atoms with Crippen molar-refractivity contribution < 1.29 is 0 Å². The van der Waals surface area contributed by atoms with Crippen LogP contribution in [-0.4, -0.2) is 13.1 Å². The lowest BCUT2D eigenvalue weighted by molar-refractivity contribution is 0.324. The summed E-state index contributed by atoms with van der Waals surface area (Å²) in [7, 11) is 2.04. The van der Waals surface area contributed by atoms with Gasteiger partial charge in [-0.2, -0.15) is 0 Å². The summed E-state index contributed by atoms with van der Waals surface area (Å²) in [6.07, 6.45) is 4.66. The van der Waals surface area contributed by atoms with E-state index < -0.39 is 0 Å². The first-order valence-electron chi connectivity index (χ1n) is 6.14. The van der Waals surface area contributed by atoms with Crippen LogP contribution < -0.4 is 5.32 Å². The molecule has 2 rings (SSSR count). The third-order valence-electron chi connectivity index (χ3n) is 3.91. The zero-order valence-electron chi connectivity index (χ0n) is 10.4. The minimum atomic E-state index is 0.322. The molecule has 0 aromatic heterocycles. The van der Waals surface area contributed by atoms with Crippen LogP contribution in [0.5, 0.6) is 0 Å². The predicted octanol–water partition coefficient (Wildman–Crippen LogP) is 4.31. The van der Waals surface area contributed by atoms with Crippen LogP contribution in [0.3, 0.4) is 0 Å². The van der Waals surface area contributed by atoms with Crippen LogP contribution in [0.25, 0.3) is 0 Å². The number of benzene rings is 1. The Labute approximate surface area is 114 Å². The minimum absolute atomic E-state index is 0.322. The van der Waals surface area contributed by atoms with Gasteiger partial charge in [0, 0.05) is 16.1 Å². The van der Waals surface area contributed by atoms with Crippen LogP contribution in [0, 0.1) is 5.41 Å². The summed E-state index contributed by atoms with van der Waals surface area (Å²) < 4.78 is 0. The molecule has 0 aliphatic heterocycles. The van der Waals surface area contributed by atoms with Gasteiger partial charge in [-0.05, 0) is 55.8 Å². The van der Waals surface area contributed by atoms with Crippen molar-refractivity contribution in [3.63, 3.8) is 0 Å². The van der Waals surface area contributed by atoms with Crippen molar-refractivity contribution >= 4 is 23.2 Å². The summed E-state index contributed by atoms with van der Waals surface area (Å²) in [5.41, 5.74) is 1.43. The highest BCUT2D eigenvalue weighted by Gasteiger charge is 2.35. The maximum absolute atomic E-state index is 6.24. The standard InChI is InChI=1S/C14H19Cl2N/c1-14(7-6-10(8-14)17-2)9-11-12(15)4-3-5-13(11)16/h3-5,10,17H,6-9H2,1-2H3. The molecule has 1 aliphatic carbocycles. The highest BCUT2D eigenvalue weighted by Crippen LogP contribution is 2.42. The lowest BCUT2D eigenvalue weighted by atomic mass is 9.82. The maximum Gasteiger partial charge on any atom is 0.0453 e. The topological polar surface area (TPSA) is 12.0 Å². The number of hydrogen-bond donors (Lipinski definition) is 1. The molecule has 1 fully saturated rings. The van der Waals surface area contributed by atoms with Crippen LogP contribution in [0.4, 0.5) is 0 Å². The van der Waals surface area contributed by atoms with E-state index in [1.165, 1.54) is 19.3 Å². The molecule has 1 N–H and O–H groups in total. The van der Waals surface area contributed by atoms with Crippen LogP contribution in [0.15, 0.2) is 18.2 Å². The fourth-order valence-electron chi connectivity index (χ4n) is 2.86. The zero-order valence-corrected chi connectivity index (χ0v) is 11.9. The quantitative estimate of drug-likeness (QED) is 0.864. The number of halogens is 2. The van der Waals surface area contributed by atoms with Crippen molar-refractivity contribution in [2.75, 3.05) is 7.05 Å². The first kappa shape index (κ1) is 13.2. The van der Waals surface area contributed by atoms with E-state index in [0.717, 1.165) is 22.0 Å². The summed E-state index contributed by atoms with van der Waals surface area (Å²) in [4.78, 5) is 0. The van der Waals surface area contributed by atoms with E-state index in [0.29, 0.717) is 11.5 Å². The van der Waals surface area contributed by atoms with E-state index in [-0.39, 0.29) is 0 Å². The third-order valence-corrected chi connectivity index (χ3v) is 4.62. The summed E-state index contributed by atoms with van der Waals surface area (Å²) in [6, 6.07) is 6.40. The summed E-state index contributed by atoms with van der Waals surface area (Å²) in [5.74, 6) is 0. The normalized spacial score (nSPS) is 28.6. The highest BCUT2D eigenvalue weighted by atomic mass is 35.5. The van der Waals surface area contributed by atoms with Crippen LogP contribution in [0.1, 0.15) is 31.7 Å². The lowest BCUT2D eigenvalue weighted by Crippen LogP contribution is -2.24. The maximum atomic E-state index is 6.24. The second kappa shape index (κ2) is 5.17. The molecular formula is C14H19Cl2N. The van der Waals surface area contributed by atoms with Crippen molar-refractivity contribution in [1.29, 1.82) is 0 Å². The number of rotatable bonds is 3. The van der Waals surface area contributed by atoms with E-state index in [4.69, 9.17) is 23.2 Å². The van der Waals surface area contributed by atoms with Crippen LogP contribution in [-0.2, 0) is 6.42 Å². The molecule has 1 aliphatic rings. The van der Waals surface area contributed by atoms with Gasteiger partial charge in [0.05, 0.1) is 0 Å². The van der Waals surface area contributed by atoms with E-state index in [1.807, 2.05) is 25.2 Å². The summed E-state index contributed by atoms with van der Waals surface area (Å²) in [5, 5.41) is 4.96. The van der Waals surface area contributed by atoms with Gasteiger partial charge >= 0.3 is 0 Å². The molecule has 2 unspecified atom stereocenters. The van der Waals surface area contributed by atoms with Gasteiger partial charge in [0.2, 0.25) is 0 Å². The second-order valence-corrected chi connectivity index (χ2v) is 6.23. The Hall–Kier alpha value is -0.240. The van der Waals surface area contributed by atoms with Gasteiger partial charge in [-0.3, -0.25) is 0 Å². The molecule has 1 aromatic carbocycles. The van der Waals surface area contributed by atoms with Crippen molar-refractivity contribution in [3.05, 3.63) is 33.8 Å². The Bertz CT molecular complexity index is 385. The molecule has 1 nitrogen and oxygen atoms in total. The van der Waals surface area contributed by atoms with Crippen molar-refractivity contribution in [3.8, 4) is 0 Å². The Morgan fingerprint density at radius 3 is 2.53 bits per heavy atom. The molecule has 0 bridgehead atoms. The fraction of sp³-hybridized carbons (Fsp3) is 0.571. The Morgan fingerprint density at radius 1 is 1.35 bits per heavy atom. The van der Waals surface area contributed by atoms with Gasteiger partial charge in [0.15, 0.2) is 0 Å². The predicted molar refractivity (Wildman–Crippen MR) is 75.0 cm³/mol. The minimum Gasteiger partial charge on any atom is -0.317 e. The van der Waals surface area contributed by atoms with E-state index in [9.17, 15) is 0 Å². The number of hydrogen-bond acceptors (Lipinski definition) is 1. The Balaban J connectivity index is 2.16. The largest absolute Gasteiger partial charge is 0.317 e. The molecule has 0 amide bonds. The Kier molecular flexibility index (Phi) is 4.02. The fourth-order valence-corrected chi connectivity index (χ4v) is 3.39. The molecular weight excluding hydrogens is 253 g/mol. The average Bonchev–Trinajstić information content (AvgIpc) is 2.66. The molecule has 94 valence electrons. The van der Waals surface area contributed by atoms with E-state index in [1.54, 1.807) is 0 Å². The summed E-state index contributed by atoms with van der Waals surface area (Å²) in [6.45, 7) is 2.34. The van der Waals surface area contributed by atoms with Crippen LogP contribution >= 0.6 is 23.2 Å². The highest BCUT2D eigenvalue weighted by molar-refractivity contribution is 6.36. The molecule has 3 heteroatoms. The van der Waals surface area contributed by atoms with E-state index >= 15 is 0 Å². The smallest absolute Gasteiger partial charge is 0.0453 e. The molecule has 1 aromatic rings. The number of nitrogens with one attached hydrogen (secondary N) is 1. The van der Waals surface area contributed by atoms with Gasteiger partial charge in [0.25, 0.3) is 0 Å². The molecule has 0 saturated heterocycles. The third kappa shape index (κ3) is 2.96. The van der Waals surface area contributed by atoms with Crippen molar-refractivity contribution in [2.24, 2.45) is 5.41 Å².